The van der Waals surface area contributed by atoms with Crippen LogP contribution in [0.2, 0.25) is 0 Å². The largest absolute Gasteiger partial charge is 0.322 e. The van der Waals surface area contributed by atoms with Crippen LogP contribution in [-0.2, 0) is 6.54 Å². The smallest absolute Gasteiger partial charge is 0.255 e. The molecule has 0 bridgehead atoms. The van der Waals surface area contributed by atoms with Gasteiger partial charge in [-0.1, -0.05) is 87.8 Å². The van der Waals surface area contributed by atoms with Crippen LogP contribution < -0.4 is 5.32 Å². The summed E-state index contributed by atoms with van der Waals surface area (Å²) in [5.74, 6) is -0.0816. The van der Waals surface area contributed by atoms with Crippen molar-refractivity contribution in [1.29, 1.82) is 0 Å². The van der Waals surface area contributed by atoms with E-state index in [9.17, 15) is 4.79 Å². The van der Waals surface area contributed by atoms with Crippen LogP contribution in [0.4, 0.5) is 5.69 Å². The monoisotopic (exact) mass is 547 g/mol. The molecule has 1 heterocycles. The Hall–Kier alpha value is -1.95. The van der Waals surface area contributed by atoms with E-state index in [1.807, 2.05) is 105 Å². The van der Waals surface area contributed by atoms with Gasteiger partial charge >= 0.3 is 0 Å². The molecule has 3 rings (SSSR count). The minimum atomic E-state index is -0.0816. The first-order valence-corrected chi connectivity index (χ1v) is 13.9. The van der Waals surface area contributed by atoms with Gasteiger partial charge in [-0.2, -0.15) is 0 Å². The molecule has 5 heteroatoms. The van der Waals surface area contributed by atoms with Gasteiger partial charge in [0.25, 0.3) is 5.91 Å². The van der Waals surface area contributed by atoms with E-state index in [4.69, 9.17) is 0 Å². The first-order chi connectivity index (χ1) is 16.9. The number of benzene rings is 2. The Balaban J connectivity index is 0. The summed E-state index contributed by atoms with van der Waals surface area (Å²) in [5, 5.41) is 2.95. The molecule has 1 aliphatic heterocycles. The van der Waals surface area contributed by atoms with E-state index in [0.717, 1.165) is 48.4 Å². The number of piperazine rings is 1. The average molecular weight is 549 g/mol. The van der Waals surface area contributed by atoms with Crippen LogP contribution in [0.25, 0.3) is 0 Å². The van der Waals surface area contributed by atoms with Crippen molar-refractivity contribution in [3.63, 3.8) is 0 Å². The summed E-state index contributed by atoms with van der Waals surface area (Å²) in [4.78, 5) is 17.2. The Labute approximate surface area is 224 Å². The molecule has 0 saturated carbocycles. The zero-order valence-electron chi connectivity index (χ0n) is 23.9. The molecule has 0 spiro atoms. The Bertz CT molecular complexity index is 807. The molecule has 35 heavy (non-hydrogen) atoms. The Kier molecular flexibility index (Phi) is 22.6. The van der Waals surface area contributed by atoms with E-state index in [-0.39, 0.29) is 5.91 Å². The fourth-order valence-electron chi connectivity index (χ4n) is 2.90. The Morgan fingerprint density at radius 1 is 0.886 bits per heavy atom. The van der Waals surface area contributed by atoms with Gasteiger partial charge in [0, 0.05) is 48.4 Å². The second-order valence-corrected chi connectivity index (χ2v) is 8.22. The van der Waals surface area contributed by atoms with E-state index >= 15 is 0 Å². The van der Waals surface area contributed by atoms with Gasteiger partial charge in [0.05, 0.1) is 0 Å². The van der Waals surface area contributed by atoms with Crippen molar-refractivity contribution in [2.75, 3.05) is 38.5 Å². The minimum Gasteiger partial charge on any atom is -0.322 e. The number of nitrogens with one attached hydrogen (secondary N) is 1. The lowest BCUT2D eigenvalue weighted by Gasteiger charge is -2.32. The minimum absolute atomic E-state index is 0.0816. The molecule has 1 amide bonds. The highest BCUT2D eigenvalue weighted by Crippen LogP contribution is 2.21. The number of carbonyl (C=O) groups is 1. The first kappa shape index (κ1) is 35.2. The topological polar surface area (TPSA) is 35.6 Å². The maximum Gasteiger partial charge on any atom is 0.255 e. The standard InChI is InChI=1S/C20H24BrN3O.C4H8.3C2H6/c1-15-3-8-18(13-19(15)21)22-20(25)17-6-4-16(5-7-17)14-24-11-9-23(2)10-12-24;1-3-4-2;3*1-2/h3-8,13H,9-12,14H2,1-2H3,(H,22,25);3-4H,1-2H3;3*1-2H3/b;4-3-;;;. The van der Waals surface area contributed by atoms with Crippen molar-refractivity contribution in [3.8, 4) is 0 Å². The van der Waals surface area contributed by atoms with Crippen LogP contribution in [-0.4, -0.2) is 48.9 Å². The van der Waals surface area contributed by atoms with Crippen LogP contribution in [0.15, 0.2) is 59.1 Å². The SMILES string of the molecule is C/C=C\C.CC.CC.CC.Cc1ccc(NC(=O)c2ccc(CN3CCN(C)CC3)cc2)cc1Br. The van der Waals surface area contributed by atoms with Crippen LogP contribution in [0, 0.1) is 6.92 Å². The molecule has 0 aromatic heterocycles. The summed E-state index contributed by atoms with van der Waals surface area (Å²) < 4.78 is 0.993. The van der Waals surface area contributed by atoms with Crippen molar-refractivity contribution in [1.82, 2.24) is 9.80 Å². The van der Waals surface area contributed by atoms with Crippen molar-refractivity contribution in [3.05, 3.63) is 75.8 Å². The summed E-state index contributed by atoms with van der Waals surface area (Å²) in [6, 6.07) is 13.7. The molecule has 2 aromatic carbocycles. The summed E-state index contributed by atoms with van der Waals surface area (Å²) in [5.41, 5.74) is 3.87. The summed E-state index contributed by atoms with van der Waals surface area (Å²) >= 11 is 3.49. The van der Waals surface area contributed by atoms with Gasteiger partial charge < -0.3 is 10.2 Å². The lowest BCUT2D eigenvalue weighted by atomic mass is 10.1. The molecule has 198 valence electrons. The molecule has 4 nitrogen and oxygen atoms in total. The number of carbonyl (C=O) groups excluding carboxylic acids is 1. The number of halogens is 1. The van der Waals surface area contributed by atoms with Gasteiger partial charge in [-0.3, -0.25) is 9.69 Å². The van der Waals surface area contributed by atoms with Gasteiger partial charge in [0.2, 0.25) is 0 Å². The van der Waals surface area contributed by atoms with E-state index < -0.39 is 0 Å². The van der Waals surface area contributed by atoms with Crippen molar-refractivity contribution in [2.45, 2.75) is 68.9 Å². The zero-order chi connectivity index (χ0) is 27.2. The Morgan fingerprint density at radius 3 is 1.86 bits per heavy atom. The van der Waals surface area contributed by atoms with E-state index in [0.29, 0.717) is 5.56 Å². The zero-order valence-corrected chi connectivity index (χ0v) is 25.5. The number of rotatable bonds is 4. The number of allylic oxidation sites excluding steroid dienone is 2. The molecule has 0 radical (unpaired) electrons. The third-order valence-corrected chi connectivity index (χ3v) is 5.84. The summed E-state index contributed by atoms with van der Waals surface area (Å²) in [6.45, 7) is 23.4. The molecule has 1 fully saturated rings. The van der Waals surface area contributed by atoms with Gasteiger partial charge in [-0.15, -0.1) is 0 Å². The van der Waals surface area contributed by atoms with Crippen LogP contribution >= 0.6 is 15.9 Å². The van der Waals surface area contributed by atoms with Gasteiger partial charge in [0.15, 0.2) is 0 Å². The highest BCUT2D eigenvalue weighted by molar-refractivity contribution is 9.10. The maximum atomic E-state index is 12.4. The van der Waals surface area contributed by atoms with Crippen LogP contribution in [0.5, 0.6) is 0 Å². The van der Waals surface area contributed by atoms with Crippen LogP contribution in [0.3, 0.4) is 0 Å². The van der Waals surface area contributed by atoms with Gasteiger partial charge in [-0.05, 0) is 63.2 Å². The molecular formula is C30H50BrN3O. The molecule has 0 aliphatic carbocycles. The van der Waals surface area contributed by atoms with Crippen molar-refractivity contribution < 1.29 is 4.79 Å². The highest BCUT2D eigenvalue weighted by atomic mass is 79.9. The predicted molar refractivity (Wildman–Crippen MR) is 161 cm³/mol. The van der Waals surface area contributed by atoms with Crippen molar-refractivity contribution >= 4 is 27.5 Å². The highest BCUT2D eigenvalue weighted by Gasteiger charge is 2.14. The van der Waals surface area contributed by atoms with E-state index in [1.54, 1.807) is 0 Å². The number of likely N-dealkylation sites (N-methyl/N-ethyl adjacent to an activating group) is 1. The third-order valence-electron chi connectivity index (χ3n) is 4.98. The molecule has 0 unspecified atom stereocenters. The lowest BCUT2D eigenvalue weighted by molar-refractivity contribution is 0.102. The molecule has 1 saturated heterocycles. The number of aryl methyl sites for hydroxylation is 1. The van der Waals surface area contributed by atoms with Crippen molar-refractivity contribution in [2.24, 2.45) is 0 Å². The van der Waals surface area contributed by atoms with Gasteiger partial charge in [-0.25, -0.2) is 0 Å². The molecule has 1 N–H and O–H groups in total. The average Bonchev–Trinajstić information content (AvgIpc) is 2.91. The van der Waals surface area contributed by atoms with E-state index in [2.05, 4.69) is 50.2 Å². The second-order valence-electron chi connectivity index (χ2n) is 7.36. The number of amides is 1. The fraction of sp³-hybridized carbons (Fsp3) is 0.500. The van der Waals surface area contributed by atoms with Crippen LogP contribution in [0.1, 0.15) is 76.9 Å². The lowest BCUT2D eigenvalue weighted by Crippen LogP contribution is -2.43. The number of hydrogen-bond acceptors (Lipinski definition) is 3. The van der Waals surface area contributed by atoms with E-state index in [1.165, 1.54) is 5.56 Å². The van der Waals surface area contributed by atoms with Gasteiger partial charge in [0.1, 0.15) is 0 Å². The molecule has 2 aromatic rings. The third kappa shape index (κ3) is 14.9. The number of hydrogen-bond donors (Lipinski definition) is 1. The predicted octanol–water partition coefficient (Wildman–Crippen LogP) is 8.42. The molecule has 0 atom stereocenters. The number of nitrogens with zero attached hydrogens (tertiary/aromatic N) is 2. The molecule has 1 aliphatic rings. The second kappa shape index (κ2) is 22.5. The normalized spacial score (nSPS) is 13.0. The fourth-order valence-corrected chi connectivity index (χ4v) is 3.28. The summed E-state index contributed by atoms with van der Waals surface area (Å²) in [7, 11) is 2.16. The quantitative estimate of drug-likeness (QED) is 0.390. The maximum absolute atomic E-state index is 12.4. The summed E-state index contributed by atoms with van der Waals surface area (Å²) in [6.07, 6.45) is 4.00. The first-order valence-electron chi connectivity index (χ1n) is 13.1. The molecular weight excluding hydrogens is 498 g/mol. The Morgan fingerprint density at radius 2 is 1.40 bits per heavy atom. The number of anilines is 1.